The van der Waals surface area contributed by atoms with Crippen LogP contribution in [0.3, 0.4) is 0 Å². The highest BCUT2D eigenvalue weighted by Crippen LogP contribution is 2.39. The van der Waals surface area contributed by atoms with Crippen LogP contribution in [-0.4, -0.2) is 41.0 Å². The average Bonchev–Trinajstić information content (AvgIpc) is 2.87. The minimum atomic E-state index is -1.49. The number of carboxylic acids is 2. The third-order valence-electron chi connectivity index (χ3n) is 6.47. The van der Waals surface area contributed by atoms with Gasteiger partial charge in [0.25, 0.3) is 11.8 Å². The van der Waals surface area contributed by atoms with E-state index in [-0.39, 0.29) is 11.1 Å². The molecule has 8 heteroatoms. The zero-order chi connectivity index (χ0) is 25.7. The van der Waals surface area contributed by atoms with Gasteiger partial charge in [0.2, 0.25) is 0 Å². The summed E-state index contributed by atoms with van der Waals surface area (Å²) in [5.74, 6) is -4.50. The molecule has 5 aromatic carbocycles. The van der Waals surface area contributed by atoms with E-state index in [9.17, 15) is 29.4 Å². The van der Waals surface area contributed by atoms with E-state index in [0.717, 1.165) is 50.0 Å². The molecule has 0 radical (unpaired) electrons. The van der Waals surface area contributed by atoms with Gasteiger partial charge in [0.15, 0.2) is 0 Å². The molecule has 8 nitrogen and oxygen atoms in total. The summed E-state index contributed by atoms with van der Waals surface area (Å²) in [6.07, 6.45) is 0. The maximum absolute atomic E-state index is 13.3. The van der Waals surface area contributed by atoms with Gasteiger partial charge in [-0.2, -0.15) is 0 Å². The Morgan fingerprint density at radius 1 is 0.639 bits per heavy atom. The lowest BCUT2D eigenvalue weighted by Gasteiger charge is -2.16. The SMILES string of the molecule is CNC(=O)c1cc(C(=O)Nc2ccc3ccc4c(C)ccc5ccc2c3c54)c(C(=O)O)cc1C(=O)O. The zero-order valence-electron chi connectivity index (χ0n) is 19.3. The molecule has 0 atom stereocenters. The molecule has 0 unspecified atom stereocenters. The van der Waals surface area contributed by atoms with Gasteiger partial charge in [0, 0.05) is 18.1 Å². The lowest BCUT2D eigenvalue weighted by molar-refractivity contribution is 0.0689. The van der Waals surface area contributed by atoms with Crippen molar-refractivity contribution >= 4 is 61.8 Å². The molecule has 0 saturated heterocycles. The lowest BCUT2D eigenvalue weighted by atomic mass is 9.91. The van der Waals surface area contributed by atoms with Crippen LogP contribution in [0.25, 0.3) is 32.3 Å². The van der Waals surface area contributed by atoms with E-state index in [1.54, 1.807) is 6.07 Å². The fourth-order valence-electron chi connectivity index (χ4n) is 4.71. The van der Waals surface area contributed by atoms with Crippen molar-refractivity contribution in [3.63, 3.8) is 0 Å². The number of benzene rings is 5. The smallest absolute Gasteiger partial charge is 0.336 e. The Morgan fingerprint density at radius 2 is 1.14 bits per heavy atom. The number of nitrogens with one attached hydrogen (secondary N) is 2. The van der Waals surface area contributed by atoms with Gasteiger partial charge < -0.3 is 20.8 Å². The molecule has 36 heavy (non-hydrogen) atoms. The first kappa shape index (κ1) is 22.8. The molecular formula is C28H20N2O6. The van der Waals surface area contributed by atoms with Gasteiger partial charge in [0.1, 0.15) is 0 Å². The molecule has 0 heterocycles. The molecular weight excluding hydrogens is 460 g/mol. The second kappa shape index (κ2) is 8.35. The van der Waals surface area contributed by atoms with Crippen molar-refractivity contribution in [2.45, 2.75) is 6.92 Å². The quantitative estimate of drug-likeness (QED) is 0.265. The van der Waals surface area contributed by atoms with Crippen LogP contribution in [0.4, 0.5) is 5.69 Å². The van der Waals surface area contributed by atoms with Crippen LogP contribution < -0.4 is 10.6 Å². The van der Waals surface area contributed by atoms with Crippen molar-refractivity contribution in [2.75, 3.05) is 12.4 Å². The topological polar surface area (TPSA) is 133 Å². The number of aromatic carboxylic acids is 2. The summed E-state index contributed by atoms with van der Waals surface area (Å²) in [6.45, 7) is 2.03. The standard InChI is InChI=1S/C28H20N2O6/c1-13-3-4-14-6-9-17-22(10-7-15-5-8-16(13)23(14)24(15)17)30-26(32)19-11-18(25(31)29-2)20(27(33)34)12-21(19)28(35)36/h3-12H,1-2H3,(H,29,31)(H,30,32)(H,33,34)(H,35,36). The van der Waals surface area contributed by atoms with Crippen LogP contribution >= 0.6 is 0 Å². The first-order valence-corrected chi connectivity index (χ1v) is 11.1. The van der Waals surface area contributed by atoms with Crippen molar-refractivity contribution in [3.05, 3.63) is 88.5 Å². The van der Waals surface area contributed by atoms with Gasteiger partial charge in [-0.3, -0.25) is 9.59 Å². The van der Waals surface area contributed by atoms with Gasteiger partial charge in [-0.05, 0) is 57.6 Å². The minimum absolute atomic E-state index is 0.314. The van der Waals surface area contributed by atoms with Gasteiger partial charge in [-0.1, -0.05) is 42.5 Å². The van der Waals surface area contributed by atoms with Crippen LogP contribution in [0.2, 0.25) is 0 Å². The lowest BCUT2D eigenvalue weighted by Crippen LogP contribution is -2.24. The maximum atomic E-state index is 13.3. The molecule has 0 aliphatic carbocycles. The molecule has 178 valence electrons. The van der Waals surface area contributed by atoms with Crippen LogP contribution in [-0.2, 0) is 0 Å². The number of amides is 2. The summed E-state index contributed by atoms with van der Waals surface area (Å²) in [6, 6.07) is 17.5. The molecule has 0 spiro atoms. The summed E-state index contributed by atoms with van der Waals surface area (Å²) < 4.78 is 0. The molecule has 0 aliphatic heterocycles. The van der Waals surface area contributed by atoms with Crippen molar-refractivity contribution in [2.24, 2.45) is 0 Å². The number of anilines is 1. The van der Waals surface area contributed by atoms with Gasteiger partial charge in [-0.25, -0.2) is 9.59 Å². The normalized spacial score (nSPS) is 11.2. The first-order valence-electron chi connectivity index (χ1n) is 11.1. The van der Waals surface area contributed by atoms with Crippen molar-refractivity contribution in [1.82, 2.24) is 5.32 Å². The monoisotopic (exact) mass is 480 g/mol. The third-order valence-corrected chi connectivity index (χ3v) is 6.47. The van der Waals surface area contributed by atoms with Gasteiger partial charge in [0.05, 0.1) is 22.3 Å². The molecule has 0 aliphatic rings. The fourth-order valence-corrected chi connectivity index (χ4v) is 4.71. The van der Waals surface area contributed by atoms with Crippen molar-refractivity contribution in [1.29, 1.82) is 0 Å². The van der Waals surface area contributed by atoms with E-state index in [2.05, 4.69) is 22.8 Å². The minimum Gasteiger partial charge on any atom is -0.478 e. The Hall–Kier alpha value is -4.98. The van der Waals surface area contributed by atoms with Crippen LogP contribution in [0.15, 0.2) is 60.7 Å². The van der Waals surface area contributed by atoms with Crippen molar-refractivity contribution in [3.8, 4) is 0 Å². The largest absolute Gasteiger partial charge is 0.478 e. The van der Waals surface area contributed by atoms with E-state index in [4.69, 9.17) is 0 Å². The Kier molecular flexibility index (Phi) is 5.29. The van der Waals surface area contributed by atoms with Crippen LogP contribution in [0, 0.1) is 6.92 Å². The summed E-state index contributed by atoms with van der Waals surface area (Å²) in [7, 11) is 1.31. The number of hydrogen-bond donors (Lipinski definition) is 4. The predicted octanol–water partition coefficient (Wildman–Crippen LogP) is 4.90. The third kappa shape index (κ3) is 3.47. The van der Waals surface area contributed by atoms with E-state index in [1.165, 1.54) is 7.05 Å². The number of hydrogen-bond acceptors (Lipinski definition) is 4. The summed E-state index contributed by atoms with van der Waals surface area (Å²) in [4.78, 5) is 49.2. The number of carboxylic acid groups (broad SMARTS) is 2. The van der Waals surface area contributed by atoms with E-state index < -0.39 is 34.9 Å². The highest BCUT2D eigenvalue weighted by Gasteiger charge is 2.26. The second-order valence-electron chi connectivity index (χ2n) is 8.50. The molecule has 5 rings (SSSR count). The number of aryl methyl sites for hydroxylation is 1. The molecule has 0 aromatic heterocycles. The molecule has 0 bridgehead atoms. The average molecular weight is 480 g/mol. The summed E-state index contributed by atoms with van der Waals surface area (Å²) in [5.41, 5.74) is -0.0906. The second-order valence-corrected chi connectivity index (χ2v) is 8.50. The fraction of sp³-hybridized carbons (Fsp3) is 0.0714. The maximum Gasteiger partial charge on any atom is 0.336 e. The van der Waals surface area contributed by atoms with Crippen LogP contribution in [0.1, 0.15) is 47.0 Å². The summed E-state index contributed by atoms with van der Waals surface area (Å²) >= 11 is 0. The molecule has 5 aromatic rings. The zero-order valence-corrected chi connectivity index (χ0v) is 19.3. The highest BCUT2D eigenvalue weighted by atomic mass is 16.4. The molecule has 0 saturated carbocycles. The Bertz CT molecular complexity index is 1750. The van der Waals surface area contributed by atoms with E-state index in [0.29, 0.717) is 5.69 Å². The van der Waals surface area contributed by atoms with Gasteiger partial charge in [-0.15, -0.1) is 0 Å². The Labute approximate surface area is 204 Å². The van der Waals surface area contributed by atoms with E-state index >= 15 is 0 Å². The van der Waals surface area contributed by atoms with Crippen molar-refractivity contribution < 1.29 is 29.4 Å². The number of rotatable bonds is 5. The molecule has 2 amide bonds. The van der Waals surface area contributed by atoms with Gasteiger partial charge >= 0.3 is 11.9 Å². The summed E-state index contributed by atoms with van der Waals surface area (Å²) in [5, 5.41) is 30.2. The highest BCUT2D eigenvalue weighted by molar-refractivity contribution is 6.27. The molecule has 0 fully saturated rings. The predicted molar refractivity (Wildman–Crippen MR) is 137 cm³/mol. The first-order chi connectivity index (χ1) is 17.2. The Morgan fingerprint density at radius 3 is 1.75 bits per heavy atom. The van der Waals surface area contributed by atoms with Crippen LogP contribution in [0.5, 0.6) is 0 Å². The van der Waals surface area contributed by atoms with E-state index in [1.807, 2.05) is 37.3 Å². The molecule has 4 N–H and O–H groups in total. The number of carbonyl (C=O) groups excluding carboxylic acids is 2. The Balaban J connectivity index is 1.68. The number of carbonyl (C=O) groups is 4.